The predicted molar refractivity (Wildman–Crippen MR) is 73.6 cm³/mol. The molecule has 17 heavy (non-hydrogen) atoms. The van der Waals surface area contributed by atoms with Gasteiger partial charge in [-0.2, -0.15) is 0 Å². The third-order valence-corrected chi connectivity index (χ3v) is 2.17. The zero-order chi connectivity index (χ0) is 12.3. The monoisotopic (exact) mass is 224 g/mol. The van der Waals surface area contributed by atoms with E-state index in [-0.39, 0.29) is 0 Å². The van der Waals surface area contributed by atoms with Gasteiger partial charge in [-0.3, -0.25) is 4.79 Å². The summed E-state index contributed by atoms with van der Waals surface area (Å²) in [6.45, 7) is 3.65. The summed E-state index contributed by atoms with van der Waals surface area (Å²) in [5.74, 6) is 0. The Balaban J connectivity index is 2.85. The van der Waals surface area contributed by atoms with Crippen molar-refractivity contribution in [1.82, 2.24) is 0 Å². The van der Waals surface area contributed by atoms with Gasteiger partial charge in [-0.1, -0.05) is 67.3 Å². The minimum atomic E-state index is 0.734. The largest absolute Gasteiger partial charge is 0.299 e. The van der Waals surface area contributed by atoms with Gasteiger partial charge in [0.15, 0.2) is 0 Å². The van der Waals surface area contributed by atoms with Crippen LogP contribution in [0.25, 0.3) is 6.08 Å². The van der Waals surface area contributed by atoms with E-state index >= 15 is 0 Å². The molecule has 0 aliphatic carbocycles. The SMILES string of the molecule is C=CC=CC(=Cc1ccccc1)C/C=C/C=O. The van der Waals surface area contributed by atoms with Gasteiger partial charge >= 0.3 is 0 Å². The van der Waals surface area contributed by atoms with Crippen LogP contribution in [0.15, 0.2) is 72.9 Å². The fourth-order valence-electron chi connectivity index (χ4n) is 1.39. The van der Waals surface area contributed by atoms with Crippen LogP contribution >= 0.6 is 0 Å². The van der Waals surface area contributed by atoms with Gasteiger partial charge in [0, 0.05) is 0 Å². The summed E-state index contributed by atoms with van der Waals surface area (Å²) in [4.78, 5) is 10.2. The Morgan fingerprint density at radius 1 is 1.18 bits per heavy atom. The standard InChI is InChI=1S/C16H16O/c1-2-3-9-15(12-7-8-13-17)14-16-10-5-4-6-11-16/h2-11,13-14H,1,12H2/b8-7+,9-3?,15-14?. The minimum absolute atomic E-state index is 0.734. The maximum absolute atomic E-state index is 10.2. The van der Waals surface area contributed by atoms with Crippen molar-refractivity contribution in [2.75, 3.05) is 0 Å². The van der Waals surface area contributed by atoms with Crippen molar-refractivity contribution < 1.29 is 4.79 Å². The third-order valence-electron chi connectivity index (χ3n) is 2.17. The average Bonchev–Trinajstić information content (AvgIpc) is 2.37. The van der Waals surface area contributed by atoms with Gasteiger partial charge in [-0.15, -0.1) is 0 Å². The maximum atomic E-state index is 10.2. The summed E-state index contributed by atoms with van der Waals surface area (Å²) in [5, 5.41) is 0. The Hall–Kier alpha value is -2.15. The number of aldehydes is 1. The molecule has 86 valence electrons. The van der Waals surface area contributed by atoms with Gasteiger partial charge in [0.25, 0.3) is 0 Å². The molecule has 0 amide bonds. The van der Waals surface area contributed by atoms with Crippen molar-refractivity contribution in [3.63, 3.8) is 0 Å². The normalized spacial score (nSPS) is 12.1. The first-order valence-corrected chi connectivity index (χ1v) is 5.52. The van der Waals surface area contributed by atoms with Crippen LogP contribution in [-0.4, -0.2) is 6.29 Å². The molecule has 0 unspecified atom stereocenters. The highest BCUT2D eigenvalue weighted by molar-refractivity contribution is 5.65. The molecule has 0 aliphatic rings. The van der Waals surface area contributed by atoms with Crippen molar-refractivity contribution in [3.8, 4) is 0 Å². The molecule has 1 aromatic rings. The number of benzene rings is 1. The topological polar surface area (TPSA) is 17.1 Å². The summed E-state index contributed by atoms with van der Waals surface area (Å²) in [5.41, 5.74) is 2.28. The van der Waals surface area contributed by atoms with E-state index in [0.29, 0.717) is 0 Å². The molecule has 1 rings (SSSR count). The number of carbonyl (C=O) groups excluding carboxylic acids is 1. The van der Waals surface area contributed by atoms with Crippen LogP contribution < -0.4 is 0 Å². The molecule has 0 spiro atoms. The number of hydrogen-bond donors (Lipinski definition) is 0. The lowest BCUT2D eigenvalue weighted by Crippen LogP contribution is -1.78. The van der Waals surface area contributed by atoms with Crippen LogP contribution in [0.1, 0.15) is 12.0 Å². The quantitative estimate of drug-likeness (QED) is 0.406. The molecule has 1 heteroatoms. The lowest BCUT2D eigenvalue weighted by molar-refractivity contribution is -0.104. The highest BCUT2D eigenvalue weighted by atomic mass is 16.1. The molecule has 0 aliphatic heterocycles. The molecule has 1 aromatic carbocycles. The van der Waals surface area contributed by atoms with Crippen LogP contribution in [0, 0.1) is 0 Å². The lowest BCUT2D eigenvalue weighted by atomic mass is 10.1. The molecular formula is C16H16O. The fraction of sp³-hybridized carbons (Fsp3) is 0.0625. The highest BCUT2D eigenvalue weighted by Gasteiger charge is 1.91. The van der Waals surface area contributed by atoms with E-state index in [1.807, 2.05) is 48.6 Å². The van der Waals surface area contributed by atoms with Gasteiger partial charge < -0.3 is 0 Å². The average molecular weight is 224 g/mol. The maximum Gasteiger partial charge on any atom is 0.142 e. The summed E-state index contributed by atoms with van der Waals surface area (Å²) in [6, 6.07) is 10.1. The molecule has 0 fully saturated rings. The van der Waals surface area contributed by atoms with Crippen LogP contribution in [0.4, 0.5) is 0 Å². The minimum Gasteiger partial charge on any atom is -0.299 e. The zero-order valence-corrected chi connectivity index (χ0v) is 9.75. The lowest BCUT2D eigenvalue weighted by Gasteiger charge is -1.98. The van der Waals surface area contributed by atoms with Crippen LogP contribution in [0.5, 0.6) is 0 Å². The second kappa shape index (κ2) is 8.05. The van der Waals surface area contributed by atoms with E-state index in [1.54, 1.807) is 6.08 Å². The molecule has 0 atom stereocenters. The van der Waals surface area contributed by atoms with Gasteiger partial charge in [0.05, 0.1) is 0 Å². The molecule has 0 N–H and O–H groups in total. The molecule has 0 aromatic heterocycles. The molecule has 0 heterocycles. The van der Waals surface area contributed by atoms with Crippen LogP contribution in [-0.2, 0) is 4.79 Å². The third kappa shape index (κ3) is 5.47. The van der Waals surface area contributed by atoms with Crippen molar-refractivity contribution in [1.29, 1.82) is 0 Å². The summed E-state index contributed by atoms with van der Waals surface area (Å²) < 4.78 is 0. The van der Waals surface area contributed by atoms with E-state index in [2.05, 4.69) is 12.7 Å². The van der Waals surface area contributed by atoms with Gasteiger partial charge in [0.2, 0.25) is 0 Å². The van der Waals surface area contributed by atoms with Crippen molar-refractivity contribution in [2.24, 2.45) is 0 Å². The summed E-state index contributed by atoms with van der Waals surface area (Å²) in [6.07, 6.45) is 12.6. The zero-order valence-electron chi connectivity index (χ0n) is 9.75. The fourth-order valence-corrected chi connectivity index (χ4v) is 1.39. The van der Waals surface area contributed by atoms with E-state index in [1.165, 1.54) is 6.08 Å². The van der Waals surface area contributed by atoms with E-state index in [9.17, 15) is 4.79 Å². The number of hydrogen-bond acceptors (Lipinski definition) is 1. The van der Waals surface area contributed by atoms with Crippen molar-refractivity contribution in [2.45, 2.75) is 6.42 Å². The number of carbonyl (C=O) groups is 1. The predicted octanol–water partition coefficient (Wildman–Crippen LogP) is 3.96. The summed E-state index contributed by atoms with van der Waals surface area (Å²) in [7, 11) is 0. The number of rotatable bonds is 6. The first kappa shape index (κ1) is 12.9. The van der Waals surface area contributed by atoms with Crippen molar-refractivity contribution >= 4 is 12.4 Å². The van der Waals surface area contributed by atoms with E-state index < -0.39 is 0 Å². The Labute approximate surface area is 102 Å². The van der Waals surface area contributed by atoms with Crippen LogP contribution in [0.2, 0.25) is 0 Å². The van der Waals surface area contributed by atoms with Crippen molar-refractivity contribution in [3.05, 3.63) is 78.4 Å². The molecule has 0 radical (unpaired) electrons. The van der Waals surface area contributed by atoms with Gasteiger partial charge in [-0.25, -0.2) is 0 Å². The van der Waals surface area contributed by atoms with E-state index in [0.717, 1.165) is 23.8 Å². The number of allylic oxidation sites excluding steroid dienone is 6. The molecule has 0 saturated heterocycles. The Morgan fingerprint density at radius 2 is 1.94 bits per heavy atom. The molecule has 1 nitrogen and oxygen atoms in total. The Bertz CT molecular complexity index is 436. The molecule has 0 saturated carbocycles. The first-order valence-electron chi connectivity index (χ1n) is 5.52. The highest BCUT2D eigenvalue weighted by Crippen LogP contribution is 2.11. The van der Waals surface area contributed by atoms with Gasteiger partial charge in [-0.05, 0) is 23.6 Å². The Morgan fingerprint density at radius 3 is 2.59 bits per heavy atom. The summed E-state index contributed by atoms with van der Waals surface area (Å²) >= 11 is 0. The molecule has 0 bridgehead atoms. The first-order chi connectivity index (χ1) is 8.36. The van der Waals surface area contributed by atoms with E-state index in [4.69, 9.17) is 0 Å². The molecular weight excluding hydrogens is 208 g/mol. The second-order valence-corrected chi connectivity index (χ2v) is 3.49. The second-order valence-electron chi connectivity index (χ2n) is 3.49. The van der Waals surface area contributed by atoms with Gasteiger partial charge in [0.1, 0.15) is 6.29 Å². The Kier molecular flexibility index (Phi) is 6.12. The van der Waals surface area contributed by atoms with Crippen LogP contribution in [0.3, 0.4) is 0 Å². The smallest absolute Gasteiger partial charge is 0.142 e.